The van der Waals surface area contributed by atoms with E-state index in [4.69, 9.17) is 17.3 Å². The van der Waals surface area contributed by atoms with Crippen LogP contribution in [0, 0.1) is 0 Å². The molecule has 3 rings (SSSR count). The minimum absolute atomic E-state index is 0.0211. The van der Waals surface area contributed by atoms with Crippen molar-refractivity contribution in [1.82, 2.24) is 14.0 Å². The monoisotopic (exact) mass is 468 g/mol. The fourth-order valence-electron chi connectivity index (χ4n) is 3.77. The van der Waals surface area contributed by atoms with Gasteiger partial charge < -0.3 is 10.6 Å². The van der Waals surface area contributed by atoms with E-state index in [0.717, 1.165) is 17.7 Å². The van der Waals surface area contributed by atoms with Crippen LogP contribution in [0.1, 0.15) is 35.3 Å². The average molecular weight is 469 g/mol. The van der Waals surface area contributed by atoms with Crippen LogP contribution in [-0.2, 0) is 19.3 Å². The second kappa shape index (κ2) is 9.38. The maximum absolute atomic E-state index is 14.0. The molecule has 0 saturated carbocycles. The average Bonchev–Trinajstić information content (AvgIpc) is 2.98. The Kier molecular flexibility index (Phi) is 7.00. The quantitative estimate of drug-likeness (QED) is 0.543. The highest BCUT2D eigenvalue weighted by molar-refractivity contribution is 6.30. The largest absolute Gasteiger partial charge is 0.418 e. The Labute approximate surface area is 188 Å². The Morgan fingerprint density at radius 2 is 1.81 bits per heavy atom. The summed E-state index contributed by atoms with van der Waals surface area (Å²) in [5.41, 5.74) is 3.63. The van der Waals surface area contributed by atoms with E-state index >= 15 is 0 Å². The number of rotatable bonds is 8. The second-order valence-electron chi connectivity index (χ2n) is 7.43. The number of carbonyl (C=O) groups is 1. The molecule has 6 nitrogen and oxygen atoms in total. The summed E-state index contributed by atoms with van der Waals surface area (Å²) in [6.07, 6.45) is -4.79. The molecule has 2 aromatic carbocycles. The van der Waals surface area contributed by atoms with Gasteiger partial charge >= 0.3 is 11.9 Å². The van der Waals surface area contributed by atoms with Crippen LogP contribution in [0.25, 0.3) is 11.0 Å². The Morgan fingerprint density at radius 3 is 2.38 bits per heavy atom. The molecule has 0 unspecified atom stereocenters. The number of nitrogens with two attached hydrogens (primary N) is 1. The number of benzene rings is 2. The second-order valence-corrected chi connectivity index (χ2v) is 7.87. The first kappa shape index (κ1) is 23.9. The maximum Gasteiger partial charge on any atom is 0.418 e. The Bertz CT molecular complexity index is 1200. The lowest BCUT2D eigenvalue weighted by atomic mass is 10.1. The summed E-state index contributed by atoms with van der Waals surface area (Å²) in [6.45, 7) is 5.90. The summed E-state index contributed by atoms with van der Waals surface area (Å²) < 4.78 is 44.4. The van der Waals surface area contributed by atoms with Crippen LogP contribution in [0.3, 0.4) is 0 Å². The predicted molar refractivity (Wildman–Crippen MR) is 118 cm³/mol. The number of alkyl halides is 3. The highest BCUT2D eigenvalue weighted by Gasteiger charge is 2.36. The molecule has 2 N–H and O–H groups in total. The van der Waals surface area contributed by atoms with Gasteiger partial charge in [0.25, 0.3) is 0 Å². The summed E-state index contributed by atoms with van der Waals surface area (Å²) >= 11 is 6.02. The summed E-state index contributed by atoms with van der Waals surface area (Å²) in [4.78, 5) is 27.1. The maximum atomic E-state index is 14.0. The number of primary amides is 1. The van der Waals surface area contributed by atoms with Crippen LogP contribution in [0.2, 0.25) is 5.02 Å². The number of amides is 1. The Balaban J connectivity index is 2.29. The van der Waals surface area contributed by atoms with Crippen LogP contribution >= 0.6 is 11.6 Å². The van der Waals surface area contributed by atoms with Crippen LogP contribution in [-0.4, -0.2) is 39.6 Å². The van der Waals surface area contributed by atoms with E-state index in [1.54, 1.807) is 24.3 Å². The molecule has 10 heteroatoms. The zero-order valence-electron chi connectivity index (χ0n) is 17.7. The van der Waals surface area contributed by atoms with Gasteiger partial charge in [0.1, 0.15) is 0 Å². The standard InChI is InChI=1S/C22H24ClF3N4O2/c1-3-28(4-2)8-9-29-18-12-15(20(27)31)11-17(22(24,25)26)19(18)30(21(29)32)13-14-6-5-7-16(23)10-14/h5-7,10-12H,3-4,8-9,13H2,1-2H3,(H2,27,31). The van der Waals surface area contributed by atoms with Gasteiger partial charge in [0.2, 0.25) is 5.91 Å². The fraction of sp³-hybridized carbons (Fsp3) is 0.364. The summed E-state index contributed by atoms with van der Waals surface area (Å²) in [6, 6.07) is 8.54. The zero-order valence-corrected chi connectivity index (χ0v) is 18.5. The number of carbonyl (C=O) groups excluding carboxylic acids is 1. The van der Waals surface area contributed by atoms with E-state index in [1.807, 2.05) is 13.8 Å². The Morgan fingerprint density at radius 1 is 1.12 bits per heavy atom. The van der Waals surface area contributed by atoms with Gasteiger partial charge in [0.15, 0.2) is 0 Å². The predicted octanol–water partition coefficient (Wildman–Crippen LogP) is 3.96. The summed E-state index contributed by atoms with van der Waals surface area (Å²) in [7, 11) is 0. The van der Waals surface area contributed by atoms with Crippen LogP contribution in [0.4, 0.5) is 13.2 Å². The van der Waals surface area contributed by atoms with Crippen molar-refractivity contribution in [2.24, 2.45) is 5.73 Å². The third-order valence-electron chi connectivity index (χ3n) is 5.47. The van der Waals surface area contributed by atoms with Gasteiger partial charge in [0, 0.05) is 23.7 Å². The van der Waals surface area contributed by atoms with Crippen molar-refractivity contribution in [3.05, 3.63) is 68.6 Å². The first-order chi connectivity index (χ1) is 15.1. The van der Waals surface area contributed by atoms with Crippen molar-refractivity contribution >= 4 is 28.5 Å². The third-order valence-corrected chi connectivity index (χ3v) is 5.70. The van der Waals surface area contributed by atoms with Gasteiger partial charge in [-0.1, -0.05) is 37.6 Å². The number of likely N-dealkylation sites (N-methyl/N-ethyl adjacent to an activating group) is 1. The molecular formula is C22H24ClF3N4O2. The highest BCUT2D eigenvalue weighted by Crippen LogP contribution is 2.36. The zero-order chi connectivity index (χ0) is 23.6. The van der Waals surface area contributed by atoms with Crippen molar-refractivity contribution in [3.8, 4) is 0 Å². The molecule has 0 aliphatic heterocycles. The minimum Gasteiger partial charge on any atom is -0.366 e. The number of hydrogen-bond donors (Lipinski definition) is 1. The molecule has 0 atom stereocenters. The first-order valence-electron chi connectivity index (χ1n) is 10.2. The molecule has 3 aromatic rings. The topological polar surface area (TPSA) is 73.3 Å². The molecule has 172 valence electrons. The molecule has 0 bridgehead atoms. The van der Waals surface area contributed by atoms with E-state index in [2.05, 4.69) is 4.90 Å². The number of aromatic nitrogens is 2. The molecule has 0 radical (unpaired) electrons. The summed E-state index contributed by atoms with van der Waals surface area (Å²) in [5, 5.41) is 0.410. The van der Waals surface area contributed by atoms with E-state index in [1.165, 1.54) is 10.6 Å². The van der Waals surface area contributed by atoms with Crippen molar-refractivity contribution in [2.75, 3.05) is 19.6 Å². The van der Waals surface area contributed by atoms with Crippen molar-refractivity contribution in [2.45, 2.75) is 33.1 Å². The van der Waals surface area contributed by atoms with Crippen LogP contribution < -0.4 is 11.4 Å². The number of imidazole rings is 1. The summed E-state index contributed by atoms with van der Waals surface area (Å²) in [5.74, 6) is -0.997. The van der Waals surface area contributed by atoms with Gasteiger partial charge in [-0.05, 0) is 42.9 Å². The lowest BCUT2D eigenvalue weighted by Gasteiger charge is -2.18. The normalized spacial score (nSPS) is 12.1. The van der Waals surface area contributed by atoms with Gasteiger partial charge in [-0.2, -0.15) is 13.2 Å². The van der Waals surface area contributed by atoms with Crippen LogP contribution in [0.5, 0.6) is 0 Å². The first-order valence-corrected chi connectivity index (χ1v) is 10.6. The van der Waals surface area contributed by atoms with Gasteiger partial charge in [-0.25, -0.2) is 4.79 Å². The number of nitrogens with zero attached hydrogens (tertiary/aromatic N) is 3. The number of halogens is 4. The van der Waals surface area contributed by atoms with E-state index in [-0.39, 0.29) is 29.7 Å². The molecule has 1 heterocycles. The minimum atomic E-state index is -4.79. The van der Waals surface area contributed by atoms with E-state index < -0.39 is 23.3 Å². The molecule has 1 aromatic heterocycles. The van der Waals surface area contributed by atoms with Gasteiger partial charge in [0.05, 0.1) is 23.1 Å². The lowest BCUT2D eigenvalue weighted by Crippen LogP contribution is -2.32. The molecular weight excluding hydrogens is 445 g/mol. The fourth-order valence-corrected chi connectivity index (χ4v) is 3.99. The van der Waals surface area contributed by atoms with Crippen molar-refractivity contribution in [3.63, 3.8) is 0 Å². The van der Waals surface area contributed by atoms with Crippen molar-refractivity contribution < 1.29 is 18.0 Å². The Hall–Kier alpha value is -2.78. The SMILES string of the molecule is CCN(CC)CCn1c(=O)n(Cc2cccc(Cl)c2)c2c(C(F)(F)F)cc(C(N)=O)cc21. The third kappa shape index (κ3) is 4.83. The van der Waals surface area contributed by atoms with Crippen molar-refractivity contribution in [1.29, 1.82) is 0 Å². The molecule has 1 amide bonds. The van der Waals surface area contributed by atoms with Gasteiger partial charge in [-0.3, -0.25) is 13.9 Å². The van der Waals surface area contributed by atoms with E-state index in [9.17, 15) is 22.8 Å². The highest BCUT2D eigenvalue weighted by atomic mass is 35.5. The number of fused-ring (bicyclic) bond motifs is 1. The molecule has 0 fully saturated rings. The number of hydrogen-bond acceptors (Lipinski definition) is 3. The lowest BCUT2D eigenvalue weighted by molar-refractivity contribution is -0.136. The van der Waals surface area contributed by atoms with Crippen LogP contribution in [0.15, 0.2) is 41.2 Å². The molecule has 0 aliphatic carbocycles. The van der Waals surface area contributed by atoms with Gasteiger partial charge in [-0.15, -0.1) is 0 Å². The molecule has 0 saturated heterocycles. The molecule has 0 aliphatic rings. The molecule has 32 heavy (non-hydrogen) atoms. The van der Waals surface area contributed by atoms with E-state index in [0.29, 0.717) is 23.2 Å². The molecule has 0 spiro atoms. The smallest absolute Gasteiger partial charge is 0.366 e.